The molecule has 6 nitrogen and oxygen atoms in total. The monoisotopic (exact) mass is 426 g/mol. The number of rotatable bonds is 5. The molecule has 1 atom stereocenters. The van der Waals surface area contributed by atoms with Gasteiger partial charge >= 0.3 is 6.18 Å². The lowest BCUT2D eigenvalue weighted by Gasteiger charge is -2.16. The van der Waals surface area contributed by atoms with Crippen LogP contribution in [0.5, 0.6) is 5.88 Å². The zero-order chi connectivity index (χ0) is 23.1. The van der Waals surface area contributed by atoms with E-state index in [-0.39, 0.29) is 23.4 Å². The highest BCUT2D eigenvalue weighted by molar-refractivity contribution is 5.94. The van der Waals surface area contributed by atoms with E-state index in [4.69, 9.17) is 5.73 Å². The first-order chi connectivity index (χ1) is 13.7. The molecular formula is C21H29F3N4O2. The maximum absolute atomic E-state index is 12.2. The molecule has 0 fully saturated rings. The second-order valence-corrected chi connectivity index (χ2v) is 8.04. The SMILES string of the molecule is CC(C)(C)N.Cc1cc(C(=O)NC(C)c2cnc(OCC(F)(F)F)c(C)c2)ccn1. The molecule has 30 heavy (non-hydrogen) atoms. The van der Waals surface area contributed by atoms with Crippen molar-refractivity contribution in [2.45, 2.75) is 59.3 Å². The van der Waals surface area contributed by atoms with E-state index in [2.05, 4.69) is 20.0 Å². The number of alkyl halides is 3. The van der Waals surface area contributed by atoms with Crippen molar-refractivity contribution in [3.63, 3.8) is 0 Å². The second kappa shape index (κ2) is 10.4. The minimum absolute atomic E-state index is 0. The van der Waals surface area contributed by atoms with Crippen LogP contribution in [-0.2, 0) is 0 Å². The summed E-state index contributed by atoms with van der Waals surface area (Å²) in [5, 5.41) is 2.82. The van der Waals surface area contributed by atoms with Gasteiger partial charge in [-0.3, -0.25) is 9.78 Å². The summed E-state index contributed by atoms with van der Waals surface area (Å²) in [6.07, 6.45) is -1.48. The molecule has 2 aromatic heterocycles. The van der Waals surface area contributed by atoms with Crippen LogP contribution < -0.4 is 15.8 Å². The Balaban J connectivity index is 0.000000804. The van der Waals surface area contributed by atoms with Crippen LogP contribution in [0.15, 0.2) is 30.6 Å². The van der Waals surface area contributed by atoms with Crippen molar-refractivity contribution in [1.82, 2.24) is 15.3 Å². The number of aromatic nitrogens is 2. The molecule has 3 N–H and O–H groups in total. The van der Waals surface area contributed by atoms with Gasteiger partial charge in [-0.25, -0.2) is 4.98 Å². The molecule has 0 aromatic carbocycles. The van der Waals surface area contributed by atoms with E-state index in [9.17, 15) is 18.0 Å². The average Bonchev–Trinajstić information content (AvgIpc) is 2.58. The largest absolute Gasteiger partial charge is 0.468 e. The fourth-order valence-corrected chi connectivity index (χ4v) is 2.17. The summed E-state index contributed by atoms with van der Waals surface area (Å²) in [5.41, 5.74) is 7.68. The summed E-state index contributed by atoms with van der Waals surface area (Å²) in [5.74, 6) is -0.350. The molecule has 9 heteroatoms. The van der Waals surface area contributed by atoms with E-state index in [0.717, 1.165) is 5.69 Å². The van der Waals surface area contributed by atoms with Gasteiger partial charge in [0.1, 0.15) is 0 Å². The van der Waals surface area contributed by atoms with Gasteiger partial charge in [-0.05, 0) is 65.3 Å². The van der Waals surface area contributed by atoms with Gasteiger partial charge in [-0.15, -0.1) is 0 Å². The first kappa shape index (κ1) is 25.4. The topological polar surface area (TPSA) is 90.1 Å². The van der Waals surface area contributed by atoms with Crippen molar-refractivity contribution in [3.8, 4) is 5.88 Å². The first-order valence-electron chi connectivity index (χ1n) is 9.34. The Morgan fingerprint density at radius 3 is 2.30 bits per heavy atom. The van der Waals surface area contributed by atoms with E-state index in [0.29, 0.717) is 16.7 Å². The minimum Gasteiger partial charge on any atom is -0.468 e. The van der Waals surface area contributed by atoms with Crippen molar-refractivity contribution in [3.05, 3.63) is 53.0 Å². The van der Waals surface area contributed by atoms with E-state index < -0.39 is 12.8 Å². The van der Waals surface area contributed by atoms with Gasteiger partial charge in [0, 0.05) is 34.8 Å². The van der Waals surface area contributed by atoms with E-state index >= 15 is 0 Å². The molecule has 0 saturated heterocycles. The number of nitrogens with zero attached hydrogens (tertiary/aromatic N) is 2. The summed E-state index contributed by atoms with van der Waals surface area (Å²) in [6.45, 7) is 9.65. The standard InChI is InChI=1S/C17H18F3N3O2.C4H11N/c1-10-6-14(8-22-16(10)25-9-17(18,19)20)12(3)23-15(24)13-4-5-21-11(2)7-13;1-4(2,3)5/h4-8,12H,9H2,1-3H3,(H,23,24);5H2,1-3H3. The number of carbonyl (C=O) groups excluding carboxylic acids is 1. The van der Waals surface area contributed by atoms with Gasteiger partial charge < -0.3 is 15.8 Å². The number of aryl methyl sites for hydroxylation is 2. The van der Waals surface area contributed by atoms with Crippen LogP contribution in [0, 0.1) is 13.8 Å². The number of pyridine rings is 2. The number of amides is 1. The summed E-state index contributed by atoms with van der Waals surface area (Å²) in [7, 11) is 0. The number of nitrogens with two attached hydrogens (primary N) is 1. The number of halogens is 3. The molecular weight excluding hydrogens is 397 g/mol. The maximum Gasteiger partial charge on any atom is 0.422 e. The molecule has 1 unspecified atom stereocenters. The van der Waals surface area contributed by atoms with Gasteiger partial charge in [0.05, 0.1) is 6.04 Å². The Bertz CT molecular complexity index is 843. The van der Waals surface area contributed by atoms with Gasteiger partial charge in [0.25, 0.3) is 5.91 Å². The summed E-state index contributed by atoms with van der Waals surface area (Å²) >= 11 is 0. The van der Waals surface area contributed by atoms with Gasteiger partial charge in [0.15, 0.2) is 6.61 Å². The minimum atomic E-state index is -4.42. The van der Waals surface area contributed by atoms with E-state index in [1.54, 1.807) is 45.2 Å². The Kier molecular flexibility index (Phi) is 8.77. The highest BCUT2D eigenvalue weighted by Gasteiger charge is 2.29. The summed E-state index contributed by atoms with van der Waals surface area (Å²) in [6, 6.07) is 4.54. The van der Waals surface area contributed by atoms with Crippen molar-refractivity contribution >= 4 is 5.91 Å². The second-order valence-electron chi connectivity index (χ2n) is 8.04. The predicted octanol–water partition coefficient (Wildman–Crippen LogP) is 4.27. The van der Waals surface area contributed by atoms with Crippen molar-refractivity contribution in [2.24, 2.45) is 5.73 Å². The van der Waals surface area contributed by atoms with Crippen LogP contribution in [0.2, 0.25) is 0 Å². The molecule has 0 aliphatic rings. The average molecular weight is 426 g/mol. The lowest BCUT2D eigenvalue weighted by atomic mass is 10.1. The molecule has 0 bridgehead atoms. The third-order valence-corrected chi connectivity index (χ3v) is 3.43. The number of hydrogen-bond acceptors (Lipinski definition) is 5. The molecule has 2 rings (SSSR count). The molecule has 0 radical (unpaired) electrons. The molecule has 0 aliphatic heterocycles. The molecule has 2 heterocycles. The zero-order valence-electron chi connectivity index (χ0n) is 18.1. The van der Waals surface area contributed by atoms with Crippen LogP contribution in [-0.4, -0.2) is 34.2 Å². The van der Waals surface area contributed by atoms with Crippen LogP contribution in [0.4, 0.5) is 13.2 Å². The van der Waals surface area contributed by atoms with Crippen molar-refractivity contribution < 1.29 is 22.7 Å². The van der Waals surface area contributed by atoms with Crippen LogP contribution >= 0.6 is 0 Å². The third-order valence-electron chi connectivity index (χ3n) is 3.43. The summed E-state index contributed by atoms with van der Waals surface area (Å²) < 4.78 is 41.3. The predicted molar refractivity (Wildman–Crippen MR) is 109 cm³/mol. The Labute approximate surface area is 175 Å². The highest BCUT2D eigenvalue weighted by atomic mass is 19.4. The summed E-state index contributed by atoms with van der Waals surface area (Å²) in [4.78, 5) is 20.2. The lowest BCUT2D eigenvalue weighted by molar-refractivity contribution is -0.154. The molecule has 0 saturated carbocycles. The smallest absolute Gasteiger partial charge is 0.422 e. The zero-order valence-corrected chi connectivity index (χ0v) is 18.1. The van der Waals surface area contributed by atoms with E-state index in [1.165, 1.54) is 6.20 Å². The maximum atomic E-state index is 12.2. The number of carbonyl (C=O) groups is 1. The van der Waals surface area contributed by atoms with Crippen LogP contribution in [0.25, 0.3) is 0 Å². The number of ether oxygens (including phenoxy) is 1. The molecule has 2 aromatic rings. The Morgan fingerprint density at radius 2 is 1.80 bits per heavy atom. The quantitative estimate of drug-likeness (QED) is 0.745. The first-order valence-corrected chi connectivity index (χ1v) is 9.34. The Morgan fingerprint density at radius 1 is 1.20 bits per heavy atom. The van der Waals surface area contributed by atoms with Crippen molar-refractivity contribution in [1.29, 1.82) is 0 Å². The third kappa shape index (κ3) is 10.2. The molecule has 166 valence electrons. The molecule has 0 aliphatic carbocycles. The molecule has 0 spiro atoms. The fraction of sp³-hybridized carbons (Fsp3) is 0.476. The van der Waals surface area contributed by atoms with Crippen LogP contribution in [0.3, 0.4) is 0 Å². The van der Waals surface area contributed by atoms with Crippen molar-refractivity contribution in [2.75, 3.05) is 6.61 Å². The normalized spacial score (nSPS) is 12.5. The fourth-order valence-electron chi connectivity index (χ4n) is 2.17. The highest BCUT2D eigenvalue weighted by Crippen LogP contribution is 2.22. The van der Waals surface area contributed by atoms with Crippen LogP contribution in [0.1, 0.15) is 60.9 Å². The number of hydrogen-bond donors (Lipinski definition) is 2. The van der Waals surface area contributed by atoms with Gasteiger partial charge in [-0.1, -0.05) is 0 Å². The van der Waals surface area contributed by atoms with Gasteiger partial charge in [-0.2, -0.15) is 13.2 Å². The lowest BCUT2D eigenvalue weighted by Crippen LogP contribution is -2.27. The van der Waals surface area contributed by atoms with Gasteiger partial charge in [0.2, 0.25) is 5.88 Å². The molecule has 1 amide bonds. The van der Waals surface area contributed by atoms with E-state index in [1.807, 2.05) is 20.8 Å². The Hall–Kier alpha value is -2.68. The number of nitrogens with one attached hydrogen (secondary N) is 1.